The molecule has 130 valence electrons. The van der Waals surface area contributed by atoms with Crippen LogP contribution in [0.4, 0.5) is 0 Å². The Balaban J connectivity index is 2.51. The minimum absolute atomic E-state index is 0.167. The highest BCUT2D eigenvalue weighted by Crippen LogP contribution is 2.24. The van der Waals surface area contributed by atoms with Gasteiger partial charge in [0.2, 0.25) is 0 Å². The molecule has 7 heteroatoms. The van der Waals surface area contributed by atoms with Gasteiger partial charge in [-0.05, 0) is 6.42 Å². The molecule has 0 bridgehead atoms. The fraction of sp³-hybridized carbons (Fsp3) is 0.933. The van der Waals surface area contributed by atoms with E-state index in [0.29, 0.717) is 6.42 Å². The average molecular weight is 320 g/mol. The molecule has 6 atom stereocenters. The van der Waals surface area contributed by atoms with Crippen molar-refractivity contribution in [2.24, 2.45) is 0 Å². The number of rotatable bonds is 9. The first-order valence-corrected chi connectivity index (χ1v) is 7.95. The van der Waals surface area contributed by atoms with E-state index in [2.05, 4.69) is 6.92 Å². The van der Waals surface area contributed by atoms with Crippen molar-refractivity contribution in [3.05, 3.63) is 0 Å². The summed E-state index contributed by atoms with van der Waals surface area (Å²) in [7, 11) is 0. The van der Waals surface area contributed by atoms with Crippen LogP contribution in [0.15, 0.2) is 0 Å². The van der Waals surface area contributed by atoms with Crippen molar-refractivity contribution in [3.8, 4) is 0 Å². The summed E-state index contributed by atoms with van der Waals surface area (Å²) in [5.41, 5.74) is 0. The quantitative estimate of drug-likeness (QED) is 0.349. The molecule has 0 saturated carbocycles. The lowest BCUT2D eigenvalue weighted by Gasteiger charge is -2.41. The first kappa shape index (κ1) is 19.5. The second-order valence-corrected chi connectivity index (χ2v) is 5.87. The summed E-state index contributed by atoms with van der Waals surface area (Å²) in [5, 5.41) is 48.3. The number of aliphatic hydroxyl groups excluding tert-OH is 5. The summed E-state index contributed by atoms with van der Waals surface area (Å²) in [6, 6.07) is 0. The minimum atomic E-state index is -1.59. The van der Waals surface area contributed by atoms with Crippen LogP contribution >= 0.6 is 0 Å². The topological polar surface area (TPSA) is 127 Å². The molecule has 0 spiro atoms. The highest BCUT2D eigenvalue weighted by molar-refractivity contribution is 5.83. The molecule has 22 heavy (non-hydrogen) atoms. The molecule has 5 N–H and O–H groups in total. The molecule has 1 rings (SSSR count). The van der Waals surface area contributed by atoms with Gasteiger partial charge in [-0.3, -0.25) is 4.79 Å². The third-order valence-electron chi connectivity index (χ3n) is 4.10. The van der Waals surface area contributed by atoms with Gasteiger partial charge in [0.1, 0.15) is 36.6 Å². The molecule has 7 nitrogen and oxygen atoms in total. The van der Waals surface area contributed by atoms with E-state index in [1.807, 2.05) is 0 Å². The zero-order valence-corrected chi connectivity index (χ0v) is 13.0. The fourth-order valence-electron chi connectivity index (χ4n) is 2.63. The second-order valence-electron chi connectivity index (χ2n) is 5.87. The van der Waals surface area contributed by atoms with Gasteiger partial charge in [-0.2, -0.15) is 0 Å². The van der Waals surface area contributed by atoms with Crippen LogP contribution < -0.4 is 0 Å². The van der Waals surface area contributed by atoms with Crippen molar-refractivity contribution in [1.29, 1.82) is 0 Å². The molecule has 1 aliphatic rings. The zero-order chi connectivity index (χ0) is 16.7. The van der Waals surface area contributed by atoms with Gasteiger partial charge in [0.25, 0.3) is 0 Å². The van der Waals surface area contributed by atoms with Crippen LogP contribution in [-0.2, 0) is 9.53 Å². The number of carbonyl (C=O) groups excluding carboxylic acids is 1. The maximum absolute atomic E-state index is 12.0. The van der Waals surface area contributed by atoms with Gasteiger partial charge < -0.3 is 30.3 Å². The molecule has 0 aliphatic carbocycles. The number of ketones is 1. The highest BCUT2D eigenvalue weighted by atomic mass is 16.6. The van der Waals surface area contributed by atoms with E-state index in [4.69, 9.17) is 9.84 Å². The third kappa shape index (κ3) is 4.97. The standard InChI is InChI=1S/C15H28O7/c1-2-3-4-5-6-7-9(17)11(18)15-14(21)13(20)12(19)10(8-16)22-15/h10-16,18-21H,2-8H2,1H3/t10-,11?,12+,13+,14-,15?/m1/s1. The maximum atomic E-state index is 12.0. The van der Waals surface area contributed by atoms with E-state index in [0.717, 1.165) is 25.7 Å². The number of ether oxygens (including phenoxy) is 1. The summed E-state index contributed by atoms with van der Waals surface area (Å²) >= 11 is 0. The van der Waals surface area contributed by atoms with Crippen LogP contribution in [0.3, 0.4) is 0 Å². The van der Waals surface area contributed by atoms with E-state index in [-0.39, 0.29) is 6.42 Å². The Hall–Kier alpha value is -0.570. The van der Waals surface area contributed by atoms with Crippen molar-refractivity contribution in [2.45, 2.75) is 82.1 Å². The van der Waals surface area contributed by atoms with E-state index in [1.165, 1.54) is 0 Å². The van der Waals surface area contributed by atoms with Crippen LogP contribution in [0.1, 0.15) is 45.4 Å². The predicted molar refractivity (Wildman–Crippen MR) is 78.2 cm³/mol. The Morgan fingerprint density at radius 3 is 2.27 bits per heavy atom. The Labute approximate surface area is 130 Å². The van der Waals surface area contributed by atoms with Crippen LogP contribution in [-0.4, -0.2) is 74.5 Å². The van der Waals surface area contributed by atoms with Crippen LogP contribution in [0.25, 0.3) is 0 Å². The van der Waals surface area contributed by atoms with Crippen LogP contribution in [0, 0.1) is 0 Å². The second kappa shape index (κ2) is 9.54. The van der Waals surface area contributed by atoms with E-state index in [9.17, 15) is 25.2 Å². The molecule has 0 aromatic heterocycles. The molecule has 1 heterocycles. The van der Waals surface area contributed by atoms with Crippen molar-refractivity contribution in [2.75, 3.05) is 6.61 Å². The highest BCUT2D eigenvalue weighted by Gasteiger charge is 2.47. The van der Waals surface area contributed by atoms with Gasteiger partial charge in [-0.25, -0.2) is 0 Å². The summed E-state index contributed by atoms with van der Waals surface area (Å²) in [5.74, 6) is -0.471. The lowest BCUT2D eigenvalue weighted by molar-refractivity contribution is -0.246. The zero-order valence-electron chi connectivity index (χ0n) is 13.0. The molecular weight excluding hydrogens is 292 g/mol. The Morgan fingerprint density at radius 1 is 1.05 bits per heavy atom. The van der Waals surface area contributed by atoms with Crippen molar-refractivity contribution in [1.82, 2.24) is 0 Å². The lowest BCUT2D eigenvalue weighted by Crippen LogP contribution is -2.62. The first-order valence-electron chi connectivity index (χ1n) is 7.95. The van der Waals surface area contributed by atoms with Gasteiger partial charge in [-0.15, -0.1) is 0 Å². The number of aliphatic hydroxyl groups is 5. The van der Waals surface area contributed by atoms with Crippen molar-refractivity contribution < 1.29 is 35.1 Å². The van der Waals surface area contributed by atoms with Crippen molar-refractivity contribution in [3.63, 3.8) is 0 Å². The number of Topliss-reactive ketones (excluding diaryl/α,β-unsaturated/α-hetero) is 1. The van der Waals surface area contributed by atoms with Crippen molar-refractivity contribution >= 4 is 5.78 Å². The molecule has 0 aromatic carbocycles. The number of hydrogen-bond donors (Lipinski definition) is 5. The molecule has 1 fully saturated rings. The Bertz CT molecular complexity index is 334. The predicted octanol–water partition coefficient (Wildman–Crippen LogP) is -0.881. The number of hydrogen-bond acceptors (Lipinski definition) is 7. The lowest BCUT2D eigenvalue weighted by atomic mass is 9.90. The van der Waals surface area contributed by atoms with Gasteiger partial charge in [-0.1, -0.05) is 32.6 Å². The molecule has 2 unspecified atom stereocenters. The number of carbonyl (C=O) groups is 1. The Kier molecular flexibility index (Phi) is 8.45. The smallest absolute Gasteiger partial charge is 0.164 e. The molecular formula is C15H28O7. The van der Waals surface area contributed by atoms with Crippen LogP contribution in [0.5, 0.6) is 0 Å². The molecule has 1 saturated heterocycles. The Morgan fingerprint density at radius 2 is 1.68 bits per heavy atom. The number of unbranched alkanes of at least 4 members (excludes halogenated alkanes) is 4. The third-order valence-corrected chi connectivity index (χ3v) is 4.10. The van der Waals surface area contributed by atoms with Gasteiger partial charge in [0.15, 0.2) is 5.78 Å². The summed E-state index contributed by atoms with van der Waals surface area (Å²) in [4.78, 5) is 12.0. The fourth-order valence-corrected chi connectivity index (χ4v) is 2.63. The molecule has 0 aromatic rings. The molecule has 0 amide bonds. The maximum Gasteiger partial charge on any atom is 0.164 e. The van der Waals surface area contributed by atoms with Gasteiger partial charge in [0, 0.05) is 6.42 Å². The van der Waals surface area contributed by atoms with E-state index >= 15 is 0 Å². The van der Waals surface area contributed by atoms with Gasteiger partial charge in [0.05, 0.1) is 6.61 Å². The monoisotopic (exact) mass is 320 g/mol. The minimum Gasteiger partial charge on any atom is -0.394 e. The SMILES string of the molecule is CCCCCCCC(=O)C(O)C1O[C@H](CO)[C@H](O)[C@H](O)[C@H]1O. The normalized spacial score (nSPS) is 33.6. The average Bonchev–Trinajstić information content (AvgIpc) is 2.52. The van der Waals surface area contributed by atoms with E-state index < -0.39 is 49.0 Å². The van der Waals surface area contributed by atoms with E-state index in [1.54, 1.807) is 0 Å². The summed E-state index contributed by atoms with van der Waals surface area (Å²) in [6.07, 6.45) is -3.78. The first-order chi connectivity index (χ1) is 10.4. The molecule has 0 radical (unpaired) electrons. The molecule has 1 aliphatic heterocycles. The summed E-state index contributed by atoms with van der Waals surface area (Å²) < 4.78 is 5.18. The largest absolute Gasteiger partial charge is 0.394 e. The van der Waals surface area contributed by atoms with Crippen LogP contribution in [0.2, 0.25) is 0 Å². The summed E-state index contributed by atoms with van der Waals surface area (Å²) in [6.45, 7) is 1.51. The van der Waals surface area contributed by atoms with Gasteiger partial charge >= 0.3 is 0 Å².